The predicted molar refractivity (Wildman–Crippen MR) is 96.3 cm³/mol. The van der Waals surface area contributed by atoms with Crippen LogP contribution in [0.4, 0.5) is 0 Å². The molecule has 0 unspecified atom stereocenters. The lowest BCUT2D eigenvalue weighted by Gasteiger charge is -2.16. The summed E-state index contributed by atoms with van der Waals surface area (Å²) < 4.78 is 31.1. The molecule has 0 aliphatic heterocycles. The minimum atomic E-state index is -3.89. The van der Waals surface area contributed by atoms with Gasteiger partial charge in [-0.3, -0.25) is 9.59 Å². The number of benzene rings is 1. The molecule has 1 heterocycles. The molecule has 2 amide bonds. The van der Waals surface area contributed by atoms with Crippen LogP contribution in [0, 0.1) is 0 Å². The number of nitrogens with one attached hydrogen (secondary N) is 2. The Kier molecular flexibility index (Phi) is 6.59. The van der Waals surface area contributed by atoms with E-state index in [2.05, 4.69) is 17.2 Å². The molecule has 7 nitrogen and oxygen atoms in total. The van der Waals surface area contributed by atoms with E-state index in [0.29, 0.717) is 5.02 Å². The monoisotopic (exact) mass is 396 g/mol. The number of sulfone groups is 1. The highest BCUT2D eigenvalue weighted by Crippen LogP contribution is 2.29. The van der Waals surface area contributed by atoms with Gasteiger partial charge in [-0.2, -0.15) is 0 Å². The quantitative estimate of drug-likeness (QED) is 0.549. The standard InChI is InChI=1S/C17H17ClN2O5S/c1-2-9-19-16(21)17(22)20-11-15(14-4-3-10-25-14)26(23,24)13-7-5-12(18)6-8-13/h2-8,10,15H,1,9,11H2,(H,19,21)(H,20,22)/t15-/m0/s1. The number of furan rings is 1. The van der Waals surface area contributed by atoms with E-state index in [4.69, 9.17) is 16.0 Å². The first-order chi connectivity index (χ1) is 12.4. The molecule has 1 atom stereocenters. The van der Waals surface area contributed by atoms with Gasteiger partial charge in [-0.25, -0.2) is 8.42 Å². The van der Waals surface area contributed by atoms with Gasteiger partial charge < -0.3 is 15.1 Å². The van der Waals surface area contributed by atoms with Crippen molar-refractivity contribution in [2.24, 2.45) is 0 Å². The van der Waals surface area contributed by atoms with E-state index in [1.807, 2.05) is 0 Å². The molecule has 1 aromatic heterocycles. The first-order valence-corrected chi connectivity index (χ1v) is 9.48. The van der Waals surface area contributed by atoms with Gasteiger partial charge in [0.1, 0.15) is 11.0 Å². The van der Waals surface area contributed by atoms with Gasteiger partial charge in [0, 0.05) is 18.1 Å². The zero-order chi connectivity index (χ0) is 19.2. The third-order valence-corrected chi connectivity index (χ3v) is 5.77. The molecule has 0 aliphatic rings. The summed E-state index contributed by atoms with van der Waals surface area (Å²) in [6.45, 7) is 3.21. The number of hydrogen-bond acceptors (Lipinski definition) is 5. The Bertz CT molecular complexity index is 876. The van der Waals surface area contributed by atoms with Gasteiger partial charge in [-0.1, -0.05) is 17.7 Å². The van der Waals surface area contributed by atoms with Gasteiger partial charge in [-0.15, -0.1) is 6.58 Å². The van der Waals surface area contributed by atoms with E-state index in [9.17, 15) is 18.0 Å². The first kappa shape index (κ1) is 19.7. The number of amides is 2. The largest absolute Gasteiger partial charge is 0.468 e. The first-order valence-electron chi connectivity index (χ1n) is 7.56. The Hall–Kier alpha value is -2.58. The van der Waals surface area contributed by atoms with Crippen molar-refractivity contribution < 1.29 is 22.4 Å². The van der Waals surface area contributed by atoms with E-state index in [-0.39, 0.29) is 23.7 Å². The Morgan fingerprint density at radius 1 is 1.15 bits per heavy atom. The van der Waals surface area contributed by atoms with Crippen LogP contribution in [-0.2, 0) is 19.4 Å². The lowest BCUT2D eigenvalue weighted by molar-refractivity contribution is -0.139. The fraction of sp³-hybridized carbons (Fsp3) is 0.176. The second-order valence-electron chi connectivity index (χ2n) is 5.21. The van der Waals surface area contributed by atoms with Crippen LogP contribution < -0.4 is 10.6 Å². The normalized spacial score (nSPS) is 12.2. The fourth-order valence-corrected chi connectivity index (χ4v) is 3.85. The van der Waals surface area contributed by atoms with Gasteiger partial charge in [0.15, 0.2) is 9.84 Å². The summed E-state index contributed by atoms with van der Waals surface area (Å²) in [6.07, 6.45) is 2.75. The average Bonchev–Trinajstić information content (AvgIpc) is 3.14. The Balaban J connectivity index is 2.22. The lowest BCUT2D eigenvalue weighted by atomic mass is 10.3. The molecule has 0 radical (unpaired) electrons. The summed E-state index contributed by atoms with van der Waals surface area (Å²) in [5.74, 6) is -1.69. The molecule has 1 aromatic carbocycles. The van der Waals surface area contributed by atoms with Crippen LogP contribution in [0.25, 0.3) is 0 Å². The zero-order valence-corrected chi connectivity index (χ0v) is 15.2. The predicted octanol–water partition coefficient (Wildman–Crippen LogP) is 1.87. The van der Waals surface area contributed by atoms with E-state index in [0.717, 1.165) is 0 Å². The topological polar surface area (TPSA) is 105 Å². The molecule has 2 aromatic rings. The lowest BCUT2D eigenvalue weighted by Crippen LogP contribution is -2.42. The summed E-state index contributed by atoms with van der Waals surface area (Å²) in [5.41, 5.74) is 0. The molecule has 0 fully saturated rings. The number of carbonyl (C=O) groups excluding carboxylic acids is 2. The fourth-order valence-electron chi connectivity index (χ4n) is 2.14. The molecule has 0 aliphatic carbocycles. The number of rotatable bonds is 7. The molecule has 9 heteroatoms. The van der Waals surface area contributed by atoms with Crippen LogP contribution in [0.15, 0.2) is 64.6 Å². The molecule has 2 N–H and O–H groups in total. The van der Waals surface area contributed by atoms with Crippen LogP contribution >= 0.6 is 11.6 Å². The third kappa shape index (κ3) is 4.74. The molecule has 0 bridgehead atoms. The molecule has 26 heavy (non-hydrogen) atoms. The van der Waals surface area contributed by atoms with Crippen molar-refractivity contribution in [3.05, 3.63) is 66.1 Å². The minimum absolute atomic E-state index is 0.0219. The summed E-state index contributed by atoms with van der Waals surface area (Å²) >= 11 is 5.80. The summed E-state index contributed by atoms with van der Waals surface area (Å²) in [4.78, 5) is 23.5. The van der Waals surface area contributed by atoms with Crippen molar-refractivity contribution in [1.82, 2.24) is 10.6 Å². The van der Waals surface area contributed by atoms with Crippen molar-refractivity contribution in [2.45, 2.75) is 10.1 Å². The van der Waals surface area contributed by atoms with Crippen LogP contribution in [0.2, 0.25) is 5.02 Å². The molecular weight excluding hydrogens is 380 g/mol. The van der Waals surface area contributed by atoms with E-state index >= 15 is 0 Å². The maximum Gasteiger partial charge on any atom is 0.309 e. The summed E-state index contributed by atoms with van der Waals surface area (Å²) in [5, 5.41) is 3.82. The van der Waals surface area contributed by atoms with Gasteiger partial charge in [0.05, 0.1) is 11.2 Å². The third-order valence-electron chi connectivity index (χ3n) is 3.44. The zero-order valence-electron chi connectivity index (χ0n) is 13.6. The molecule has 2 rings (SSSR count). The van der Waals surface area contributed by atoms with Crippen molar-refractivity contribution in [3.63, 3.8) is 0 Å². The van der Waals surface area contributed by atoms with Gasteiger partial charge in [0.2, 0.25) is 0 Å². The molecule has 0 saturated heterocycles. The number of hydrogen-bond donors (Lipinski definition) is 2. The van der Waals surface area contributed by atoms with E-state index in [1.165, 1.54) is 42.7 Å². The van der Waals surface area contributed by atoms with E-state index < -0.39 is 26.9 Å². The Morgan fingerprint density at radius 3 is 2.38 bits per heavy atom. The maximum absolute atomic E-state index is 12.9. The van der Waals surface area contributed by atoms with Crippen molar-refractivity contribution in [3.8, 4) is 0 Å². The highest BCUT2D eigenvalue weighted by Gasteiger charge is 2.32. The minimum Gasteiger partial charge on any atom is -0.468 e. The van der Waals surface area contributed by atoms with Gasteiger partial charge in [-0.05, 0) is 36.4 Å². The number of carbonyl (C=O) groups is 2. The highest BCUT2D eigenvalue weighted by atomic mass is 35.5. The van der Waals surface area contributed by atoms with Crippen LogP contribution in [-0.4, -0.2) is 33.3 Å². The second kappa shape index (κ2) is 8.68. The Morgan fingerprint density at radius 2 is 1.81 bits per heavy atom. The number of halogens is 1. The Labute approximate surface area is 155 Å². The molecular formula is C17H17ClN2O5S. The average molecular weight is 397 g/mol. The SMILES string of the molecule is C=CCNC(=O)C(=O)NC[C@@H](c1ccco1)S(=O)(=O)c1ccc(Cl)cc1. The van der Waals surface area contributed by atoms with E-state index in [1.54, 1.807) is 6.07 Å². The molecule has 138 valence electrons. The summed E-state index contributed by atoms with van der Waals surface area (Å²) in [7, 11) is -3.89. The van der Waals surface area contributed by atoms with Crippen LogP contribution in [0.5, 0.6) is 0 Å². The van der Waals surface area contributed by atoms with Crippen molar-refractivity contribution in [1.29, 1.82) is 0 Å². The summed E-state index contributed by atoms with van der Waals surface area (Å²) in [6, 6.07) is 8.67. The highest BCUT2D eigenvalue weighted by molar-refractivity contribution is 7.91. The molecule has 0 spiro atoms. The van der Waals surface area contributed by atoms with Crippen LogP contribution in [0.3, 0.4) is 0 Å². The molecule has 0 saturated carbocycles. The van der Waals surface area contributed by atoms with Crippen LogP contribution in [0.1, 0.15) is 11.0 Å². The van der Waals surface area contributed by atoms with Gasteiger partial charge in [0.25, 0.3) is 0 Å². The second-order valence-corrected chi connectivity index (χ2v) is 7.78. The van der Waals surface area contributed by atoms with Gasteiger partial charge >= 0.3 is 11.8 Å². The maximum atomic E-state index is 12.9. The van der Waals surface area contributed by atoms with Crippen molar-refractivity contribution >= 4 is 33.3 Å². The smallest absolute Gasteiger partial charge is 0.309 e. The van der Waals surface area contributed by atoms with Crippen molar-refractivity contribution in [2.75, 3.05) is 13.1 Å².